The van der Waals surface area contributed by atoms with Gasteiger partial charge >= 0.3 is 0 Å². The first kappa shape index (κ1) is 25.8. The summed E-state index contributed by atoms with van der Waals surface area (Å²) in [6.07, 6.45) is 4.37. The van der Waals surface area contributed by atoms with Crippen molar-refractivity contribution < 1.29 is 23.4 Å². The van der Waals surface area contributed by atoms with Crippen molar-refractivity contribution in [2.75, 3.05) is 27.4 Å². The first-order valence-corrected chi connectivity index (χ1v) is 12.6. The highest BCUT2D eigenvalue weighted by atomic mass is 16.5. The van der Waals surface area contributed by atoms with E-state index in [0.717, 1.165) is 42.9 Å². The molecule has 0 spiro atoms. The molecule has 1 aliphatic heterocycles. The minimum atomic E-state index is -0.152. The number of methoxy groups -OCH3 is 2. The van der Waals surface area contributed by atoms with Crippen LogP contribution in [-0.2, 0) is 11.3 Å². The Morgan fingerprint density at radius 2 is 1.69 bits per heavy atom. The summed E-state index contributed by atoms with van der Waals surface area (Å²) in [6.45, 7) is 6.20. The monoisotopic (exact) mass is 491 g/mol. The summed E-state index contributed by atoms with van der Waals surface area (Å²) in [7, 11) is 3.34. The highest BCUT2D eigenvalue weighted by Gasteiger charge is 2.34. The molecule has 6 heteroatoms. The van der Waals surface area contributed by atoms with Gasteiger partial charge in [-0.1, -0.05) is 24.3 Å². The van der Waals surface area contributed by atoms with Crippen LogP contribution >= 0.6 is 0 Å². The first-order valence-electron chi connectivity index (χ1n) is 12.6. The first-order chi connectivity index (χ1) is 17.4. The van der Waals surface area contributed by atoms with E-state index in [1.807, 2.05) is 41.3 Å². The molecule has 1 aliphatic rings. The number of carbonyl (C=O) groups is 1. The van der Waals surface area contributed by atoms with Gasteiger partial charge in [0.15, 0.2) is 5.76 Å². The molecule has 2 heterocycles. The van der Waals surface area contributed by atoms with E-state index in [1.54, 1.807) is 32.6 Å². The lowest BCUT2D eigenvalue weighted by Gasteiger charge is -2.40. The number of rotatable bonds is 10. The van der Waals surface area contributed by atoms with Crippen LogP contribution in [0.2, 0.25) is 0 Å². The number of hydrogen-bond donors (Lipinski definition) is 0. The number of carbonyl (C=O) groups excluding carboxylic acids is 1. The van der Waals surface area contributed by atoms with Gasteiger partial charge in [0, 0.05) is 19.7 Å². The fourth-order valence-electron chi connectivity index (χ4n) is 5.20. The second kappa shape index (κ2) is 11.7. The molecular weight excluding hydrogens is 454 g/mol. The Balaban J connectivity index is 1.57. The summed E-state index contributed by atoms with van der Waals surface area (Å²) in [5, 5.41) is 0. The smallest absolute Gasteiger partial charge is 0.289 e. The van der Waals surface area contributed by atoms with Gasteiger partial charge in [0.1, 0.15) is 11.5 Å². The molecule has 1 fully saturated rings. The number of furan rings is 1. The summed E-state index contributed by atoms with van der Waals surface area (Å²) >= 11 is 0. The molecular formula is C30H37NO5. The van der Waals surface area contributed by atoms with Crippen LogP contribution < -0.4 is 9.47 Å². The van der Waals surface area contributed by atoms with Crippen molar-refractivity contribution in [1.82, 2.24) is 4.90 Å². The Hall–Kier alpha value is -3.25. The van der Waals surface area contributed by atoms with Gasteiger partial charge in [-0.15, -0.1) is 0 Å². The number of ether oxygens (including phenoxy) is 3. The molecule has 0 aliphatic carbocycles. The van der Waals surface area contributed by atoms with Gasteiger partial charge in [0.25, 0.3) is 5.91 Å². The molecule has 6 nitrogen and oxygen atoms in total. The van der Waals surface area contributed by atoms with Crippen molar-refractivity contribution >= 4 is 5.91 Å². The van der Waals surface area contributed by atoms with Crippen LogP contribution in [0, 0.1) is 5.92 Å². The van der Waals surface area contributed by atoms with Gasteiger partial charge in [-0.05, 0) is 92.5 Å². The molecule has 1 saturated heterocycles. The maximum Gasteiger partial charge on any atom is 0.289 e. The summed E-state index contributed by atoms with van der Waals surface area (Å²) in [5.74, 6) is 2.65. The minimum Gasteiger partial charge on any atom is -0.497 e. The lowest BCUT2D eigenvalue weighted by molar-refractivity contribution is -0.0774. The van der Waals surface area contributed by atoms with Crippen LogP contribution in [0.1, 0.15) is 60.7 Å². The summed E-state index contributed by atoms with van der Waals surface area (Å²) < 4.78 is 22.2. The van der Waals surface area contributed by atoms with Crippen molar-refractivity contribution in [3.8, 4) is 11.5 Å². The van der Waals surface area contributed by atoms with Crippen molar-refractivity contribution in [1.29, 1.82) is 0 Å². The fourth-order valence-corrected chi connectivity index (χ4v) is 5.20. The zero-order chi connectivity index (χ0) is 25.5. The van der Waals surface area contributed by atoms with Gasteiger partial charge in [0.05, 0.1) is 26.1 Å². The second-order valence-electron chi connectivity index (χ2n) is 10.1. The average molecular weight is 492 g/mol. The maximum atomic E-state index is 13.4. The normalized spacial score (nSPS) is 17.8. The minimum absolute atomic E-state index is 0.100. The summed E-state index contributed by atoms with van der Waals surface area (Å²) in [6, 6.07) is 19.7. The van der Waals surface area contributed by atoms with Crippen LogP contribution in [0.5, 0.6) is 11.5 Å². The second-order valence-corrected chi connectivity index (χ2v) is 10.1. The zero-order valence-electron chi connectivity index (χ0n) is 21.7. The van der Waals surface area contributed by atoms with Crippen LogP contribution in [-0.4, -0.2) is 43.8 Å². The molecule has 0 bridgehead atoms. The van der Waals surface area contributed by atoms with E-state index >= 15 is 0 Å². The third-order valence-corrected chi connectivity index (χ3v) is 7.11. The van der Waals surface area contributed by atoms with Crippen molar-refractivity contribution in [3.05, 3.63) is 83.8 Å². The lowest BCUT2D eigenvalue weighted by Crippen LogP contribution is -2.38. The predicted octanol–water partition coefficient (Wildman–Crippen LogP) is 6.32. The SMILES string of the molecule is COc1ccc(CN(CC[C@@H](c2ccc(OC)cc2)[C@H]2CCOC(C)(C)C2)C(=O)c2ccco2)cc1. The molecule has 4 rings (SSSR count). The quantitative estimate of drug-likeness (QED) is 0.332. The molecule has 0 unspecified atom stereocenters. The third-order valence-electron chi connectivity index (χ3n) is 7.11. The summed E-state index contributed by atoms with van der Waals surface area (Å²) in [5.41, 5.74) is 2.16. The van der Waals surface area contributed by atoms with E-state index < -0.39 is 0 Å². The third kappa shape index (κ3) is 6.49. The van der Waals surface area contributed by atoms with E-state index in [-0.39, 0.29) is 11.5 Å². The van der Waals surface area contributed by atoms with E-state index in [9.17, 15) is 4.79 Å². The molecule has 0 saturated carbocycles. The lowest BCUT2D eigenvalue weighted by atomic mass is 9.75. The largest absolute Gasteiger partial charge is 0.497 e. The van der Waals surface area contributed by atoms with E-state index in [0.29, 0.717) is 30.7 Å². The van der Waals surface area contributed by atoms with Gasteiger partial charge in [-0.25, -0.2) is 0 Å². The number of hydrogen-bond acceptors (Lipinski definition) is 5. The van der Waals surface area contributed by atoms with Crippen LogP contribution in [0.3, 0.4) is 0 Å². The van der Waals surface area contributed by atoms with Crippen LogP contribution in [0.4, 0.5) is 0 Å². The van der Waals surface area contributed by atoms with Gasteiger partial charge in [0.2, 0.25) is 0 Å². The predicted molar refractivity (Wildman–Crippen MR) is 140 cm³/mol. The van der Waals surface area contributed by atoms with E-state index in [4.69, 9.17) is 18.6 Å². The Labute approximate surface area is 214 Å². The molecule has 0 N–H and O–H groups in total. The average Bonchev–Trinajstić information content (AvgIpc) is 3.43. The molecule has 1 amide bonds. The molecule has 2 aromatic carbocycles. The standard InChI is InChI=1S/C30H37NO5/c1-30(2)20-24(16-19-36-30)27(23-9-13-26(34-4)14-10-23)15-17-31(29(32)28-6-5-18-35-28)21-22-7-11-25(33-3)12-8-22/h5-14,18,24,27H,15-17,19-21H2,1-4H3/t24-,27-/m0/s1. The highest BCUT2D eigenvalue weighted by molar-refractivity contribution is 5.91. The van der Waals surface area contributed by atoms with E-state index in [1.165, 1.54) is 5.56 Å². The number of nitrogens with zero attached hydrogens (tertiary/aromatic N) is 1. The molecule has 1 aromatic heterocycles. The Bertz CT molecular complexity index is 1090. The van der Waals surface area contributed by atoms with Gasteiger partial charge in [-0.3, -0.25) is 4.79 Å². The fraction of sp³-hybridized carbons (Fsp3) is 0.433. The van der Waals surface area contributed by atoms with Crippen LogP contribution in [0.25, 0.3) is 0 Å². The van der Waals surface area contributed by atoms with Gasteiger partial charge in [-0.2, -0.15) is 0 Å². The van der Waals surface area contributed by atoms with Crippen molar-refractivity contribution in [3.63, 3.8) is 0 Å². The summed E-state index contributed by atoms with van der Waals surface area (Å²) in [4.78, 5) is 15.3. The van der Waals surface area contributed by atoms with Crippen molar-refractivity contribution in [2.45, 2.75) is 51.2 Å². The molecule has 36 heavy (non-hydrogen) atoms. The Morgan fingerprint density at radius 3 is 2.28 bits per heavy atom. The maximum absolute atomic E-state index is 13.4. The van der Waals surface area contributed by atoms with Gasteiger partial charge < -0.3 is 23.5 Å². The number of amides is 1. The molecule has 3 aromatic rings. The zero-order valence-corrected chi connectivity index (χ0v) is 21.7. The highest BCUT2D eigenvalue weighted by Crippen LogP contribution is 2.40. The number of benzene rings is 2. The van der Waals surface area contributed by atoms with E-state index in [2.05, 4.69) is 26.0 Å². The van der Waals surface area contributed by atoms with Crippen LogP contribution in [0.15, 0.2) is 71.3 Å². The molecule has 0 radical (unpaired) electrons. The Kier molecular flexibility index (Phi) is 8.36. The topological polar surface area (TPSA) is 61.1 Å². The molecule has 192 valence electrons. The molecule has 2 atom stereocenters. The van der Waals surface area contributed by atoms with Crippen molar-refractivity contribution in [2.24, 2.45) is 5.92 Å². The Morgan fingerprint density at radius 1 is 1.03 bits per heavy atom.